The second kappa shape index (κ2) is 9.76. The van der Waals surface area contributed by atoms with Gasteiger partial charge < -0.3 is 0 Å². The van der Waals surface area contributed by atoms with Crippen molar-refractivity contribution in [1.82, 2.24) is 15.2 Å². The minimum absolute atomic E-state index is 0.706. The fraction of sp³-hybridized carbons (Fsp3) is 0.179. The molecule has 0 saturated heterocycles. The van der Waals surface area contributed by atoms with Gasteiger partial charge in [-0.2, -0.15) is 0 Å². The van der Waals surface area contributed by atoms with Gasteiger partial charge in [0, 0.05) is 23.6 Å². The lowest BCUT2D eigenvalue weighted by Gasteiger charge is -2.25. The molecule has 0 aliphatic carbocycles. The van der Waals surface area contributed by atoms with E-state index in [2.05, 4.69) is 63.7 Å². The van der Waals surface area contributed by atoms with Crippen molar-refractivity contribution in [2.75, 3.05) is 6.26 Å². The third-order valence-corrected chi connectivity index (χ3v) is 10.5. The first-order valence-electron chi connectivity index (χ1n) is 11.4. The Morgan fingerprint density at radius 2 is 1.72 bits per heavy atom. The molecule has 2 heterocycles. The molecule has 0 amide bonds. The summed E-state index contributed by atoms with van der Waals surface area (Å²) in [5, 5.41) is 8.99. The summed E-state index contributed by atoms with van der Waals surface area (Å²) in [4.78, 5) is 4.54. The van der Waals surface area contributed by atoms with Crippen molar-refractivity contribution >= 4 is 43.8 Å². The van der Waals surface area contributed by atoms with Crippen LogP contribution in [0.2, 0.25) is 0 Å². The number of benzene rings is 3. The molecular weight excluding hydrogens is 507 g/mol. The molecule has 0 unspecified atom stereocenters. The van der Waals surface area contributed by atoms with E-state index >= 15 is 0 Å². The van der Waals surface area contributed by atoms with Gasteiger partial charge in [0.05, 0.1) is 10.3 Å². The number of hydrogen-bond acceptors (Lipinski definition) is 7. The highest BCUT2D eigenvalue weighted by Crippen LogP contribution is 2.38. The van der Waals surface area contributed by atoms with Crippen LogP contribution in [0.1, 0.15) is 25.0 Å². The van der Waals surface area contributed by atoms with Gasteiger partial charge in [0.25, 0.3) is 0 Å². The van der Waals surface area contributed by atoms with Gasteiger partial charge >= 0.3 is 0 Å². The van der Waals surface area contributed by atoms with Gasteiger partial charge in [-0.05, 0) is 71.5 Å². The lowest BCUT2D eigenvalue weighted by molar-refractivity contribution is 0.562. The zero-order valence-corrected chi connectivity index (χ0v) is 22.6. The van der Waals surface area contributed by atoms with Gasteiger partial charge in [0.1, 0.15) is 5.51 Å². The van der Waals surface area contributed by atoms with Crippen LogP contribution < -0.4 is 0 Å². The maximum absolute atomic E-state index is 12.7. The van der Waals surface area contributed by atoms with Gasteiger partial charge in [-0.15, -0.1) is 10.2 Å². The monoisotopic (exact) mass is 531 g/mol. The Bertz CT molecular complexity index is 1650. The summed E-state index contributed by atoms with van der Waals surface area (Å²) in [6.07, 6.45) is 2.99. The maximum atomic E-state index is 12.7. The standard InChI is InChI=1S/C28H25N3O2S3/c1-28(2,36(3,32)33)25-16-23(15-21-11-7-13-29-26(21)25)19-9-6-10-20(14-19)24-12-5-4-8-22(24)17-34-27-31-30-18-35-27/h4-16,18H,17H2,1-3H3. The van der Waals surface area contributed by atoms with Crippen LogP contribution in [0.5, 0.6) is 0 Å². The Kier molecular flexibility index (Phi) is 6.68. The average Bonchev–Trinajstić information content (AvgIpc) is 3.40. The predicted molar refractivity (Wildman–Crippen MR) is 150 cm³/mol. The topological polar surface area (TPSA) is 72.8 Å². The number of thioether (sulfide) groups is 1. The summed E-state index contributed by atoms with van der Waals surface area (Å²) in [7, 11) is -3.38. The molecule has 0 atom stereocenters. The van der Waals surface area contributed by atoms with E-state index in [9.17, 15) is 8.42 Å². The number of pyridine rings is 1. The van der Waals surface area contributed by atoms with Crippen LogP contribution in [0, 0.1) is 0 Å². The summed E-state index contributed by atoms with van der Waals surface area (Å²) in [6.45, 7) is 3.50. The van der Waals surface area contributed by atoms with E-state index < -0.39 is 14.6 Å². The Morgan fingerprint density at radius 1 is 0.917 bits per heavy atom. The van der Waals surface area contributed by atoms with Crippen LogP contribution >= 0.6 is 23.1 Å². The third-order valence-electron chi connectivity index (χ3n) is 6.50. The molecule has 36 heavy (non-hydrogen) atoms. The van der Waals surface area contributed by atoms with E-state index in [1.54, 1.807) is 48.7 Å². The second-order valence-corrected chi connectivity index (χ2v) is 13.7. The number of rotatable bonds is 7. The van der Waals surface area contributed by atoms with E-state index in [1.165, 1.54) is 11.8 Å². The zero-order chi connectivity index (χ0) is 25.3. The molecule has 0 fully saturated rings. The minimum atomic E-state index is -3.38. The van der Waals surface area contributed by atoms with Gasteiger partial charge in [0.2, 0.25) is 0 Å². The fourth-order valence-electron chi connectivity index (χ4n) is 4.18. The highest BCUT2D eigenvalue weighted by molar-refractivity contribution is 8.00. The van der Waals surface area contributed by atoms with Crippen LogP contribution in [0.15, 0.2) is 88.8 Å². The second-order valence-electron chi connectivity index (χ2n) is 9.11. The van der Waals surface area contributed by atoms with E-state index in [-0.39, 0.29) is 0 Å². The van der Waals surface area contributed by atoms with Crippen LogP contribution in [0.25, 0.3) is 33.2 Å². The maximum Gasteiger partial charge on any atom is 0.174 e. The largest absolute Gasteiger partial charge is 0.256 e. The van der Waals surface area contributed by atoms with Gasteiger partial charge in [-0.25, -0.2) is 8.42 Å². The molecule has 0 aliphatic heterocycles. The minimum Gasteiger partial charge on any atom is -0.256 e. The third kappa shape index (κ3) is 4.81. The summed E-state index contributed by atoms with van der Waals surface area (Å²) in [5.41, 5.74) is 8.64. The van der Waals surface area contributed by atoms with E-state index in [4.69, 9.17) is 0 Å². The van der Waals surface area contributed by atoms with Gasteiger partial charge in [-0.1, -0.05) is 71.6 Å². The van der Waals surface area contributed by atoms with Crippen molar-refractivity contribution < 1.29 is 8.42 Å². The predicted octanol–water partition coefficient (Wildman–Crippen LogP) is 6.99. The SMILES string of the molecule is CC(C)(c1cc(-c2cccc(-c3ccccc3CSc3nncs3)c2)cc2cccnc12)S(C)(=O)=O. The fourth-order valence-corrected chi connectivity index (χ4v) is 6.22. The van der Waals surface area contributed by atoms with Crippen molar-refractivity contribution in [3.8, 4) is 22.3 Å². The Morgan fingerprint density at radius 3 is 2.50 bits per heavy atom. The molecule has 5 nitrogen and oxygen atoms in total. The first-order valence-corrected chi connectivity index (χ1v) is 15.2. The molecule has 3 aromatic carbocycles. The molecule has 0 saturated carbocycles. The van der Waals surface area contributed by atoms with Crippen molar-refractivity contribution in [2.45, 2.75) is 28.7 Å². The molecule has 0 radical (unpaired) electrons. The number of hydrogen-bond donors (Lipinski definition) is 0. The smallest absolute Gasteiger partial charge is 0.174 e. The highest BCUT2D eigenvalue weighted by atomic mass is 32.2. The van der Waals surface area contributed by atoms with Crippen LogP contribution in [-0.4, -0.2) is 29.9 Å². The number of fused-ring (bicyclic) bond motifs is 1. The van der Waals surface area contributed by atoms with Crippen LogP contribution in [-0.2, 0) is 20.3 Å². The molecule has 0 spiro atoms. The van der Waals surface area contributed by atoms with Crippen molar-refractivity contribution in [2.24, 2.45) is 0 Å². The normalized spacial score (nSPS) is 12.2. The van der Waals surface area contributed by atoms with Crippen molar-refractivity contribution in [1.29, 1.82) is 0 Å². The Hall–Kier alpha value is -3.07. The lowest BCUT2D eigenvalue weighted by Crippen LogP contribution is -2.28. The molecule has 182 valence electrons. The lowest BCUT2D eigenvalue weighted by atomic mass is 9.91. The Balaban J connectivity index is 1.59. The van der Waals surface area contributed by atoms with Crippen molar-refractivity contribution in [3.05, 3.63) is 95.6 Å². The molecule has 0 aliphatic rings. The molecule has 2 aromatic heterocycles. The number of nitrogens with zero attached hydrogens (tertiary/aromatic N) is 3. The molecule has 5 rings (SSSR count). The molecule has 8 heteroatoms. The summed E-state index contributed by atoms with van der Waals surface area (Å²) >= 11 is 3.22. The Labute approximate surface area is 219 Å². The van der Waals surface area contributed by atoms with Crippen molar-refractivity contribution in [3.63, 3.8) is 0 Å². The van der Waals surface area contributed by atoms with E-state index in [0.717, 1.165) is 37.7 Å². The van der Waals surface area contributed by atoms with Crippen LogP contribution in [0.4, 0.5) is 0 Å². The zero-order valence-electron chi connectivity index (χ0n) is 20.2. The molecule has 0 bridgehead atoms. The molecule has 0 N–H and O–H groups in total. The number of sulfone groups is 1. The van der Waals surface area contributed by atoms with Crippen LogP contribution in [0.3, 0.4) is 0 Å². The summed E-state index contributed by atoms with van der Waals surface area (Å²) in [5.74, 6) is 0.796. The highest BCUT2D eigenvalue weighted by Gasteiger charge is 2.34. The van der Waals surface area contributed by atoms with E-state index in [1.807, 2.05) is 24.3 Å². The first kappa shape index (κ1) is 24.6. The summed E-state index contributed by atoms with van der Waals surface area (Å²) < 4.78 is 25.3. The quantitative estimate of drug-likeness (QED) is 0.211. The van der Waals surface area contributed by atoms with Gasteiger partial charge in [0.15, 0.2) is 14.2 Å². The molecular formula is C28H25N3O2S3. The first-order chi connectivity index (χ1) is 17.2. The van der Waals surface area contributed by atoms with E-state index in [0.29, 0.717) is 11.1 Å². The van der Waals surface area contributed by atoms with Gasteiger partial charge in [-0.3, -0.25) is 4.98 Å². The summed E-state index contributed by atoms with van der Waals surface area (Å²) in [6, 6.07) is 24.7. The average molecular weight is 532 g/mol. The number of aromatic nitrogens is 3. The molecule has 5 aromatic rings.